The van der Waals surface area contributed by atoms with E-state index in [1.54, 1.807) is 0 Å². The summed E-state index contributed by atoms with van der Waals surface area (Å²) < 4.78 is 8.22. The number of pyridine rings is 2. The fraction of sp³-hybridized carbons (Fsp3) is 0.348. The van der Waals surface area contributed by atoms with Crippen LogP contribution in [0.4, 0.5) is 0 Å². The van der Waals surface area contributed by atoms with Crippen molar-refractivity contribution in [1.82, 2.24) is 24.8 Å². The monoisotopic (exact) mass is 419 g/mol. The molecular weight excluding hydrogens is 394 g/mol. The predicted octanol–water partition coefficient (Wildman–Crippen LogP) is 3.63. The van der Waals surface area contributed by atoms with Gasteiger partial charge in [-0.2, -0.15) is 0 Å². The highest BCUT2D eigenvalue weighted by Gasteiger charge is 2.41. The highest BCUT2D eigenvalue weighted by atomic mass is 32.1. The lowest BCUT2D eigenvalue weighted by atomic mass is 10.0. The fourth-order valence-corrected chi connectivity index (χ4v) is 4.74. The van der Waals surface area contributed by atoms with Crippen LogP contribution in [0, 0.1) is 0 Å². The zero-order chi connectivity index (χ0) is 20.3. The van der Waals surface area contributed by atoms with Gasteiger partial charge in [-0.05, 0) is 61.5 Å². The molecule has 5 rings (SSSR count). The number of hydrogen-bond donors (Lipinski definition) is 1. The van der Waals surface area contributed by atoms with Crippen molar-refractivity contribution in [1.29, 1.82) is 0 Å². The summed E-state index contributed by atoms with van der Waals surface area (Å²) in [6, 6.07) is 16.3. The van der Waals surface area contributed by atoms with Crippen molar-refractivity contribution in [3.63, 3.8) is 0 Å². The molecule has 3 aromatic heterocycles. The molecule has 0 saturated carbocycles. The number of ether oxygens (including phenoxy) is 1. The molecule has 2 fully saturated rings. The summed E-state index contributed by atoms with van der Waals surface area (Å²) in [6.07, 6.45) is 8.33. The van der Waals surface area contributed by atoms with Crippen molar-refractivity contribution < 1.29 is 4.74 Å². The lowest BCUT2D eigenvalue weighted by Crippen LogP contribution is -2.31. The van der Waals surface area contributed by atoms with E-state index >= 15 is 0 Å². The van der Waals surface area contributed by atoms with Crippen LogP contribution >= 0.6 is 12.2 Å². The van der Waals surface area contributed by atoms with Gasteiger partial charge >= 0.3 is 0 Å². The molecule has 3 atom stereocenters. The zero-order valence-electron chi connectivity index (χ0n) is 16.7. The molecule has 0 amide bonds. The first-order valence-electron chi connectivity index (χ1n) is 10.4. The third kappa shape index (κ3) is 3.82. The van der Waals surface area contributed by atoms with E-state index in [2.05, 4.69) is 49.1 Å². The first kappa shape index (κ1) is 19.2. The molecule has 154 valence electrons. The van der Waals surface area contributed by atoms with Gasteiger partial charge in [0.05, 0.1) is 36.1 Å². The summed E-state index contributed by atoms with van der Waals surface area (Å²) in [4.78, 5) is 11.4. The molecule has 5 heterocycles. The van der Waals surface area contributed by atoms with Gasteiger partial charge in [0.15, 0.2) is 5.11 Å². The van der Waals surface area contributed by atoms with E-state index in [9.17, 15) is 0 Å². The Morgan fingerprint density at radius 1 is 1.07 bits per heavy atom. The zero-order valence-corrected chi connectivity index (χ0v) is 17.5. The highest BCUT2D eigenvalue weighted by Crippen LogP contribution is 2.39. The van der Waals surface area contributed by atoms with Crippen LogP contribution in [0.3, 0.4) is 0 Å². The molecule has 0 aromatic carbocycles. The molecule has 1 N–H and O–H groups in total. The van der Waals surface area contributed by atoms with Gasteiger partial charge in [-0.1, -0.05) is 12.1 Å². The van der Waals surface area contributed by atoms with E-state index in [0.717, 1.165) is 42.5 Å². The molecule has 2 aliphatic heterocycles. The van der Waals surface area contributed by atoms with Crippen LogP contribution in [0.15, 0.2) is 67.1 Å². The molecule has 2 aliphatic rings. The van der Waals surface area contributed by atoms with E-state index in [-0.39, 0.29) is 18.2 Å². The van der Waals surface area contributed by atoms with Gasteiger partial charge in [-0.3, -0.25) is 9.97 Å². The number of rotatable bonds is 6. The Kier molecular flexibility index (Phi) is 5.46. The van der Waals surface area contributed by atoms with Crippen LogP contribution < -0.4 is 5.32 Å². The normalized spacial score (nSPS) is 23.7. The third-order valence-corrected chi connectivity index (χ3v) is 6.20. The van der Waals surface area contributed by atoms with E-state index in [1.807, 2.05) is 42.7 Å². The van der Waals surface area contributed by atoms with Gasteiger partial charge in [-0.25, -0.2) is 0 Å². The van der Waals surface area contributed by atoms with Crippen LogP contribution in [0.5, 0.6) is 0 Å². The second-order valence-electron chi connectivity index (χ2n) is 7.80. The predicted molar refractivity (Wildman–Crippen MR) is 119 cm³/mol. The minimum Gasteiger partial charge on any atom is -0.376 e. The molecular formula is C23H25N5OS. The Hall–Kier alpha value is -2.77. The maximum Gasteiger partial charge on any atom is 0.170 e. The fourth-order valence-electron chi connectivity index (χ4n) is 4.43. The second-order valence-corrected chi connectivity index (χ2v) is 8.18. The molecule has 2 saturated heterocycles. The summed E-state index contributed by atoms with van der Waals surface area (Å²) in [5, 5.41) is 4.25. The van der Waals surface area contributed by atoms with Crippen LogP contribution in [-0.2, 0) is 17.8 Å². The lowest BCUT2D eigenvalue weighted by molar-refractivity contribution is 0.0952. The van der Waals surface area contributed by atoms with Crippen molar-refractivity contribution in [2.45, 2.75) is 44.1 Å². The molecule has 30 heavy (non-hydrogen) atoms. The highest BCUT2D eigenvalue weighted by molar-refractivity contribution is 7.80. The van der Waals surface area contributed by atoms with Crippen molar-refractivity contribution in [2.75, 3.05) is 6.61 Å². The van der Waals surface area contributed by atoms with Crippen LogP contribution in [0.25, 0.3) is 0 Å². The van der Waals surface area contributed by atoms with E-state index < -0.39 is 0 Å². The van der Waals surface area contributed by atoms with Gasteiger partial charge in [0.2, 0.25) is 0 Å². The Bertz CT molecular complexity index is 987. The standard InChI is InChI=1S/C23H25N5OS/c30-23-26-21(19-9-2-4-12-25-19)22(28(23)15-17-7-1-3-11-24-17)20-10-5-13-27(20)16-18-8-6-14-29-18/h1-5,7,9-13,18,21-22H,6,8,14-16H2,(H,26,30). The average molecular weight is 420 g/mol. The second kappa shape index (κ2) is 8.53. The lowest BCUT2D eigenvalue weighted by Gasteiger charge is -2.29. The molecule has 7 heteroatoms. The Morgan fingerprint density at radius 2 is 1.93 bits per heavy atom. The van der Waals surface area contributed by atoms with Crippen molar-refractivity contribution >= 4 is 17.3 Å². The smallest absolute Gasteiger partial charge is 0.170 e. The van der Waals surface area contributed by atoms with Gasteiger partial charge in [0, 0.05) is 37.4 Å². The minimum atomic E-state index is -0.0273. The Labute approximate surface area is 181 Å². The van der Waals surface area contributed by atoms with Gasteiger partial charge in [0.25, 0.3) is 0 Å². The van der Waals surface area contributed by atoms with E-state index in [0.29, 0.717) is 6.54 Å². The number of nitrogens with zero attached hydrogens (tertiary/aromatic N) is 4. The van der Waals surface area contributed by atoms with E-state index in [4.69, 9.17) is 17.0 Å². The van der Waals surface area contributed by atoms with Gasteiger partial charge in [-0.15, -0.1) is 0 Å². The van der Waals surface area contributed by atoms with Crippen molar-refractivity contribution in [3.8, 4) is 0 Å². The maximum atomic E-state index is 5.90. The van der Waals surface area contributed by atoms with Crippen LogP contribution in [-0.4, -0.2) is 37.3 Å². The number of aromatic nitrogens is 3. The average Bonchev–Trinajstić information content (AvgIpc) is 3.52. The first-order chi connectivity index (χ1) is 14.8. The van der Waals surface area contributed by atoms with E-state index in [1.165, 1.54) is 5.69 Å². The quantitative estimate of drug-likeness (QED) is 0.616. The molecule has 0 aliphatic carbocycles. The molecule has 0 bridgehead atoms. The van der Waals surface area contributed by atoms with Crippen molar-refractivity contribution in [2.24, 2.45) is 0 Å². The number of hydrogen-bond acceptors (Lipinski definition) is 4. The Balaban J connectivity index is 1.51. The SMILES string of the molecule is S=C1NC(c2ccccn2)C(c2cccn2CC2CCCO2)N1Cc1ccccn1. The summed E-state index contributed by atoms with van der Waals surface area (Å²) >= 11 is 5.78. The summed E-state index contributed by atoms with van der Waals surface area (Å²) in [7, 11) is 0. The summed E-state index contributed by atoms with van der Waals surface area (Å²) in [6.45, 7) is 2.36. The third-order valence-electron chi connectivity index (χ3n) is 5.85. The molecule has 3 aromatic rings. The molecule has 0 radical (unpaired) electrons. The molecule has 0 spiro atoms. The van der Waals surface area contributed by atoms with Crippen molar-refractivity contribution in [3.05, 3.63) is 84.2 Å². The topological polar surface area (TPSA) is 55.2 Å². The number of nitrogens with one attached hydrogen (secondary N) is 1. The minimum absolute atomic E-state index is 0.0193. The molecule has 3 unspecified atom stereocenters. The van der Waals surface area contributed by atoms with Crippen LogP contribution in [0.1, 0.15) is 42.0 Å². The largest absolute Gasteiger partial charge is 0.376 e. The van der Waals surface area contributed by atoms with Crippen LogP contribution in [0.2, 0.25) is 0 Å². The first-order valence-corrected chi connectivity index (χ1v) is 10.8. The maximum absolute atomic E-state index is 5.90. The van der Waals surface area contributed by atoms with Gasteiger partial charge in [0.1, 0.15) is 0 Å². The molecule has 6 nitrogen and oxygen atoms in total. The van der Waals surface area contributed by atoms with Gasteiger partial charge < -0.3 is 19.5 Å². The summed E-state index contributed by atoms with van der Waals surface area (Å²) in [5.74, 6) is 0. The summed E-state index contributed by atoms with van der Waals surface area (Å²) in [5.41, 5.74) is 3.19. The number of thiocarbonyl (C=S) groups is 1. The Morgan fingerprint density at radius 3 is 2.67 bits per heavy atom.